The third-order valence-corrected chi connectivity index (χ3v) is 2.30. The van der Waals surface area contributed by atoms with Gasteiger partial charge in [0.2, 0.25) is 0 Å². The fraction of sp³-hybridized carbons (Fsp3) is 0.417. The molecule has 0 radical (unpaired) electrons. The van der Waals surface area contributed by atoms with Crippen molar-refractivity contribution in [1.29, 1.82) is 0 Å². The van der Waals surface area contributed by atoms with Crippen molar-refractivity contribution in [3.8, 4) is 12.3 Å². The second kappa shape index (κ2) is 5.58. The summed E-state index contributed by atoms with van der Waals surface area (Å²) in [6, 6.07) is 1.86. The molecule has 17 heavy (non-hydrogen) atoms. The molecule has 1 atom stereocenters. The summed E-state index contributed by atoms with van der Waals surface area (Å²) in [6.45, 7) is 1.91. The highest BCUT2D eigenvalue weighted by atomic mass is 19.4. The third kappa shape index (κ3) is 3.99. The van der Waals surface area contributed by atoms with Crippen LogP contribution in [0.2, 0.25) is 0 Å². The Bertz CT molecular complexity index is 407. The second-order valence-electron chi connectivity index (χ2n) is 3.59. The molecule has 0 spiro atoms. The van der Waals surface area contributed by atoms with Crippen LogP contribution >= 0.6 is 0 Å². The molecular weight excluding hydrogens is 229 g/mol. The van der Waals surface area contributed by atoms with Crippen LogP contribution in [-0.4, -0.2) is 11.0 Å². The molecule has 0 bridgehead atoms. The number of nitrogens with one attached hydrogen (secondary N) is 1. The van der Waals surface area contributed by atoms with Crippen LogP contribution in [0.3, 0.4) is 0 Å². The summed E-state index contributed by atoms with van der Waals surface area (Å²) < 4.78 is 37.3. The quantitative estimate of drug-likeness (QED) is 0.819. The molecule has 2 nitrogen and oxygen atoms in total. The maximum absolute atomic E-state index is 12.4. The monoisotopic (exact) mass is 242 g/mol. The molecule has 1 heterocycles. The molecule has 0 aromatic carbocycles. The number of hydrogen-bond acceptors (Lipinski definition) is 2. The molecule has 1 unspecified atom stereocenters. The van der Waals surface area contributed by atoms with Gasteiger partial charge in [0.15, 0.2) is 0 Å². The standard InChI is InChI=1S/C12H13F3N2/c1-3-5-10(4-2)17-11-8-9(6-7-16-11)12(13,14)15/h1,6-8,10H,4-5H2,2H3,(H,16,17). The Morgan fingerprint density at radius 2 is 2.24 bits per heavy atom. The first-order chi connectivity index (χ1) is 7.97. The summed E-state index contributed by atoms with van der Waals surface area (Å²) >= 11 is 0. The number of pyridine rings is 1. The lowest BCUT2D eigenvalue weighted by molar-refractivity contribution is -0.137. The number of rotatable bonds is 4. The van der Waals surface area contributed by atoms with Gasteiger partial charge in [-0.25, -0.2) is 4.98 Å². The number of aromatic nitrogens is 1. The van der Waals surface area contributed by atoms with Crippen molar-refractivity contribution in [2.45, 2.75) is 32.0 Å². The molecule has 0 aliphatic rings. The fourth-order valence-corrected chi connectivity index (χ4v) is 1.33. The number of anilines is 1. The van der Waals surface area contributed by atoms with E-state index < -0.39 is 11.7 Å². The van der Waals surface area contributed by atoms with Gasteiger partial charge >= 0.3 is 6.18 Å². The first kappa shape index (κ1) is 13.4. The maximum atomic E-state index is 12.4. The van der Waals surface area contributed by atoms with Crippen LogP contribution in [-0.2, 0) is 6.18 Å². The molecule has 1 rings (SSSR count). The molecule has 1 N–H and O–H groups in total. The maximum Gasteiger partial charge on any atom is 0.416 e. The highest BCUT2D eigenvalue weighted by molar-refractivity contribution is 5.39. The van der Waals surface area contributed by atoms with E-state index in [0.717, 1.165) is 24.8 Å². The Hall–Kier alpha value is -1.70. The summed E-state index contributed by atoms with van der Waals surface area (Å²) in [4.78, 5) is 3.84. The number of terminal acetylenes is 1. The fourth-order valence-electron chi connectivity index (χ4n) is 1.33. The van der Waals surface area contributed by atoms with Crippen LogP contribution in [0, 0.1) is 12.3 Å². The van der Waals surface area contributed by atoms with E-state index in [-0.39, 0.29) is 11.9 Å². The van der Waals surface area contributed by atoms with Crippen molar-refractivity contribution < 1.29 is 13.2 Å². The first-order valence-electron chi connectivity index (χ1n) is 5.20. The van der Waals surface area contributed by atoms with Gasteiger partial charge in [0.25, 0.3) is 0 Å². The van der Waals surface area contributed by atoms with Gasteiger partial charge in [0.1, 0.15) is 5.82 Å². The van der Waals surface area contributed by atoms with Crippen LogP contribution in [0.4, 0.5) is 19.0 Å². The van der Waals surface area contributed by atoms with Gasteiger partial charge in [0.05, 0.1) is 5.56 Å². The smallest absolute Gasteiger partial charge is 0.366 e. The minimum Gasteiger partial charge on any atom is -0.366 e. The molecule has 0 saturated heterocycles. The lowest BCUT2D eigenvalue weighted by atomic mass is 10.1. The average molecular weight is 242 g/mol. The van der Waals surface area contributed by atoms with E-state index in [0.29, 0.717) is 6.42 Å². The number of alkyl halides is 3. The highest BCUT2D eigenvalue weighted by Gasteiger charge is 2.30. The molecular formula is C12H13F3N2. The number of nitrogens with zero attached hydrogens (tertiary/aromatic N) is 1. The third-order valence-electron chi connectivity index (χ3n) is 2.30. The normalized spacial score (nSPS) is 12.9. The number of hydrogen-bond donors (Lipinski definition) is 1. The minimum atomic E-state index is -4.35. The number of halogens is 3. The lowest BCUT2D eigenvalue weighted by Crippen LogP contribution is -2.19. The second-order valence-corrected chi connectivity index (χ2v) is 3.59. The van der Waals surface area contributed by atoms with Crippen molar-refractivity contribution in [1.82, 2.24) is 4.98 Å². The van der Waals surface area contributed by atoms with Gasteiger partial charge in [0, 0.05) is 18.7 Å². The topological polar surface area (TPSA) is 24.9 Å². The van der Waals surface area contributed by atoms with E-state index in [1.807, 2.05) is 6.92 Å². The van der Waals surface area contributed by atoms with Gasteiger partial charge in [-0.2, -0.15) is 13.2 Å². The van der Waals surface area contributed by atoms with Gasteiger partial charge in [-0.1, -0.05) is 6.92 Å². The largest absolute Gasteiger partial charge is 0.416 e. The van der Waals surface area contributed by atoms with Gasteiger partial charge in [-0.3, -0.25) is 0 Å². The average Bonchev–Trinajstić information content (AvgIpc) is 2.28. The van der Waals surface area contributed by atoms with E-state index in [2.05, 4.69) is 16.2 Å². The van der Waals surface area contributed by atoms with Crippen molar-refractivity contribution in [2.75, 3.05) is 5.32 Å². The Balaban J connectivity index is 2.82. The minimum absolute atomic E-state index is 0.0593. The molecule has 0 aliphatic heterocycles. The van der Waals surface area contributed by atoms with E-state index in [4.69, 9.17) is 6.42 Å². The van der Waals surface area contributed by atoms with E-state index in [1.165, 1.54) is 0 Å². The Morgan fingerprint density at radius 3 is 2.76 bits per heavy atom. The van der Waals surface area contributed by atoms with Crippen LogP contribution in [0.25, 0.3) is 0 Å². The zero-order valence-corrected chi connectivity index (χ0v) is 9.38. The Morgan fingerprint density at radius 1 is 1.53 bits per heavy atom. The van der Waals surface area contributed by atoms with Crippen LogP contribution < -0.4 is 5.32 Å². The van der Waals surface area contributed by atoms with Crippen molar-refractivity contribution in [3.05, 3.63) is 23.9 Å². The highest BCUT2D eigenvalue weighted by Crippen LogP contribution is 2.30. The summed E-state index contributed by atoms with van der Waals surface area (Å²) in [6.07, 6.45) is 3.12. The summed E-state index contributed by atoms with van der Waals surface area (Å²) in [5.41, 5.74) is -0.717. The zero-order chi connectivity index (χ0) is 12.9. The molecule has 1 aromatic heterocycles. The Labute approximate surface area is 98.3 Å². The van der Waals surface area contributed by atoms with Gasteiger partial charge in [-0.15, -0.1) is 12.3 Å². The zero-order valence-electron chi connectivity index (χ0n) is 9.38. The first-order valence-corrected chi connectivity index (χ1v) is 5.20. The van der Waals surface area contributed by atoms with E-state index >= 15 is 0 Å². The lowest BCUT2D eigenvalue weighted by Gasteiger charge is -2.15. The summed E-state index contributed by atoms with van der Waals surface area (Å²) in [5, 5.41) is 2.89. The molecule has 0 aliphatic carbocycles. The van der Waals surface area contributed by atoms with E-state index in [1.54, 1.807) is 0 Å². The molecule has 0 amide bonds. The summed E-state index contributed by atoms with van der Waals surface area (Å²) in [5.74, 6) is 2.67. The van der Waals surface area contributed by atoms with Gasteiger partial charge in [-0.05, 0) is 18.6 Å². The molecule has 0 fully saturated rings. The predicted octanol–water partition coefficient (Wildman–Crippen LogP) is 3.31. The van der Waals surface area contributed by atoms with Crippen LogP contribution in [0.5, 0.6) is 0 Å². The predicted molar refractivity (Wildman–Crippen MR) is 60.4 cm³/mol. The SMILES string of the molecule is C#CCC(CC)Nc1cc(C(F)(F)F)ccn1. The van der Waals surface area contributed by atoms with Crippen LogP contribution in [0.1, 0.15) is 25.3 Å². The van der Waals surface area contributed by atoms with Crippen LogP contribution in [0.15, 0.2) is 18.3 Å². The molecule has 1 aromatic rings. The molecule has 5 heteroatoms. The van der Waals surface area contributed by atoms with Gasteiger partial charge < -0.3 is 5.32 Å². The van der Waals surface area contributed by atoms with Crippen molar-refractivity contribution in [3.63, 3.8) is 0 Å². The summed E-state index contributed by atoms with van der Waals surface area (Å²) in [7, 11) is 0. The Kier molecular flexibility index (Phi) is 4.38. The van der Waals surface area contributed by atoms with Crippen molar-refractivity contribution >= 4 is 5.82 Å². The molecule has 92 valence electrons. The molecule has 0 saturated carbocycles. The van der Waals surface area contributed by atoms with Crippen molar-refractivity contribution in [2.24, 2.45) is 0 Å². The van der Waals surface area contributed by atoms with E-state index in [9.17, 15) is 13.2 Å².